The molecule has 1 aromatic heterocycles. The van der Waals surface area contributed by atoms with Crippen molar-refractivity contribution < 1.29 is 4.74 Å². The molecule has 0 atom stereocenters. The van der Waals surface area contributed by atoms with E-state index >= 15 is 0 Å². The minimum Gasteiger partial charge on any atom is -0.481 e. The molecule has 1 N–H and O–H groups in total. The van der Waals surface area contributed by atoms with Gasteiger partial charge >= 0.3 is 0 Å². The third-order valence-electron chi connectivity index (χ3n) is 3.35. The van der Waals surface area contributed by atoms with E-state index in [4.69, 9.17) is 4.74 Å². The summed E-state index contributed by atoms with van der Waals surface area (Å²) in [4.78, 5) is 6.58. The van der Waals surface area contributed by atoms with Crippen LogP contribution in [0.2, 0.25) is 0 Å². The van der Waals surface area contributed by atoms with E-state index in [9.17, 15) is 0 Å². The van der Waals surface area contributed by atoms with Gasteiger partial charge in [0, 0.05) is 37.7 Å². The first-order valence-electron chi connectivity index (χ1n) is 5.27. The molecular formula is C11H15N3O. The van der Waals surface area contributed by atoms with Gasteiger partial charge in [0.15, 0.2) is 0 Å². The lowest BCUT2D eigenvalue weighted by Gasteiger charge is -2.56. The summed E-state index contributed by atoms with van der Waals surface area (Å²) in [6, 6.07) is 3.99. The summed E-state index contributed by atoms with van der Waals surface area (Å²) in [5.74, 6) is 0.680. The maximum Gasteiger partial charge on any atom is 0.213 e. The van der Waals surface area contributed by atoms with Crippen LogP contribution >= 0.6 is 0 Å². The summed E-state index contributed by atoms with van der Waals surface area (Å²) in [6.07, 6.45) is 1.89. The van der Waals surface area contributed by atoms with Crippen LogP contribution in [0.1, 0.15) is 0 Å². The van der Waals surface area contributed by atoms with Gasteiger partial charge in [-0.15, -0.1) is 0 Å². The third-order valence-corrected chi connectivity index (χ3v) is 3.35. The van der Waals surface area contributed by atoms with Crippen molar-refractivity contribution in [1.82, 2.24) is 10.3 Å². The number of ether oxygens (including phenoxy) is 1. The molecule has 0 amide bonds. The van der Waals surface area contributed by atoms with Crippen molar-refractivity contribution >= 4 is 5.69 Å². The summed E-state index contributed by atoms with van der Waals surface area (Å²) in [5, 5.41) is 3.33. The Bertz CT molecular complexity index is 351. The van der Waals surface area contributed by atoms with Crippen LogP contribution in [0.4, 0.5) is 5.69 Å². The SMILES string of the molecule is COc1ccc(N2CC3(CNC3)C2)cn1. The van der Waals surface area contributed by atoms with Gasteiger partial charge < -0.3 is 15.0 Å². The maximum atomic E-state index is 5.03. The van der Waals surface area contributed by atoms with E-state index < -0.39 is 0 Å². The van der Waals surface area contributed by atoms with Crippen LogP contribution in [0.5, 0.6) is 5.88 Å². The zero-order valence-electron chi connectivity index (χ0n) is 8.86. The van der Waals surface area contributed by atoms with Crippen molar-refractivity contribution in [3.05, 3.63) is 18.3 Å². The van der Waals surface area contributed by atoms with E-state index in [1.54, 1.807) is 7.11 Å². The zero-order valence-corrected chi connectivity index (χ0v) is 8.86. The molecule has 4 heteroatoms. The highest BCUT2D eigenvalue weighted by molar-refractivity contribution is 5.49. The molecule has 0 saturated carbocycles. The molecule has 0 radical (unpaired) electrons. The number of nitrogens with one attached hydrogen (secondary N) is 1. The first-order chi connectivity index (χ1) is 7.31. The Morgan fingerprint density at radius 1 is 1.40 bits per heavy atom. The summed E-state index contributed by atoms with van der Waals surface area (Å²) in [5.41, 5.74) is 1.77. The van der Waals surface area contributed by atoms with Gasteiger partial charge in [-0.3, -0.25) is 0 Å². The number of hydrogen-bond acceptors (Lipinski definition) is 4. The molecule has 2 fully saturated rings. The fourth-order valence-electron chi connectivity index (χ4n) is 2.33. The van der Waals surface area contributed by atoms with Crippen molar-refractivity contribution in [1.29, 1.82) is 0 Å². The van der Waals surface area contributed by atoms with Gasteiger partial charge in [0.2, 0.25) is 5.88 Å². The van der Waals surface area contributed by atoms with Crippen LogP contribution in [0.25, 0.3) is 0 Å². The highest BCUT2D eigenvalue weighted by atomic mass is 16.5. The minimum atomic E-state index is 0.569. The predicted molar refractivity (Wildman–Crippen MR) is 58.3 cm³/mol. The second-order valence-corrected chi connectivity index (χ2v) is 4.52. The standard InChI is InChI=1S/C11H15N3O/c1-15-10-3-2-9(4-13-10)14-7-11(8-14)5-12-6-11/h2-4,12H,5-8H2,1H3. The summed E-state index contributed by atoms with van der Waals surface area (Å²) in [7, 11) is 1.64. The minimum absolute atomic E-state index is 0.569. The quantitative estimate of drug-likeness (QED) is 0.763. The van der Waals surface area contributed by atoms with Gasteiger partial charge in [0.25, 0.3) is 0 Å². The normalized spacial score (nSPS) is 22.1. The van der Waals surface area contributed by atoms with Crippen LogP contribution in [0, 0.1) is 5.41 Å². The molecule has 1 aromatic rings. The monoisotopic (exact) mass is 205 g/mol. The lowest BCUT2D eigenvalue weighted by molar-refractivity contribution is 0.121. The molecular weight excluding hydrogens is 190 g/mol. The van der Waals surface area contributed by atoms with Crippen LogP contribution in [0.3, 0.4) is 0 Å². The van der Waals surface area contributed by atoms with E-state index in [1.165, 1.54) is 18.8 Å². The van der Waals surface area contributed by atoms with Crippen LogP contribution in [-0.2, 0) is 0 Å². The van der Waals surface area contributed by atoms with Gasteiger partial charge in [-0.1, -0.05) is 0 Å². The third kappa shape index (κ3) is 1.36. The number of nitrogens with zero attached hydrogens (tertiary/aromatic N) is 2. The molecule has 0 bridgehead atoms. The van der Waals surface area contributed by atoms with Crippen LogP contribution in [0.15, 0.2) is 18.3 Å². The summed E-state index contributed by atoms with van der Waals surface area (Å²) < 4.78 is 5.03. The van der Waals surface area contributed by atoms with E-state index in [1.807, 2.05) is 12.3 Å². The van der Waals surface area contributed by atoms with Crippen LogP contribution in [-0.4, -0.2) is 38.3 Å². The fourth-order valence-corrected chi connectivity index (χ4v) is 2.33. The molecule has 15 heavy (non-hydrogen) atoms. The van der Waals surface area contributed by atoms with Crippen LogP contribution < -0.4 is 15.0 Å². The molecule has 0 aliphatic carbocycles. The average Bonchev–Trinajstić information content (AvgIpc) is 2.14. The molecule has 80 valence electrons. The number of anilines is 1. The molecule has 2 aliphatic rings. The molecule has 4 nitrogen and oxygen atoms in total. The maximum absolute atomic E-state index is 5.03. The van der Waals surface area contributed by atoms with Gasteiger partial charge in [0.1, 0.15) is 0 Å². The van der Waals surface area contributed by atoms with Gasteiger partial charge in [0.05, 0.1) is 19.0 Å². The fraction of sp³-hybridized carbons (Fsp3) is 0.545. The average molecular weight is 205 g/mol. The van der Waals surface area contributed by atoms with E-state index in [0.29, 0.717) is 11.3 Å². The van der Waals surface area contributed by atoms with E-state index in [-0.39, 0.29) is 0 Å². The lowest BCUT2D eigenvalue weighted by Crippen LogP contribution is -2.71. The molecule has 2 saturated heterocycles. The van der Waals surface area contributed by atoms with Crippen molar-refractivity contribution in [3.8, 4) is 5.88 Å². The Kier molecular flexibility index (Phi) is 1.85. The first kappa shape index (κ1) is 8.97. The summed E-state index contributed by atoms with van der Waals surface area (Å²) in [6.45, 7) is 4.67. The van der Waals surface area contributed by atoms with Crippen molar-refractivity contribution in [3.63, 3.8) is 0 Å². The number of methoxy groups -OCH3 is 1. The first-order valence-corrected chi connectivity index (χ1v) is 5.27. The topological polar surface area (TPSA) is 37.4 Å². The Balaban J connectivity index is 1.67. The van der Waals surface area contributed by atoms with E-state index in [2.05, 4.69) is 21.3 Å². The van der Waals surface area contributed by atoms with Gasteiger partial charge in [-0.2, -0.15) is 0 Å². The number of hydrogen-bond donors (Lipinski definition) is 1. The lowest BCUT2D eigenvalue weighted by atomic mass is 9.74. The smallest absolute Gasteiger partial charge is 0.213 e. The molecule has 2 aliphatic heterocycles. The molecule has 3 heterocycles. The van der Waals surface area contributed by atoms with Gasteiger partial charge in [-0.05, 0) is 6.07 Å². The number of pyridine rings is 1. The molecule has 1 spiro atoms. The van der Waals surface area contributed by atoms with E-state index in [0.717, 1.165) is 13.1 Å². The highest BCUT2D eigenvalue weighted by Gasteiger charge is 2.47. The van der Waals surface area contributed by atoms with Crippen molar-refractivity contribution in [2.75, 3.05) is 38.2 Å². The van der Waals surface area contributed by atoms with Crippen molar-refractivity contribution in [2.45, 2.75) is 0 Å². The van der Waals surface area contributed by atoms with Gasteiger partial charge in [-0.25, -0.2) is 4.98 Å². The molecule has 0 unspecified atom stereocenters. The van der Waals surface area contributed by atoms with Crippen molar-refractivity contribution in [2.24, 2.45) is 5.41 Å². The second-order valence-electron chi connectivity index (χ2n) is 4.52. The largest absolute Gasteiger partial charge is 0.481 e. The Hall–Kier alpha value is -1.29. The second kappa shape index (κ2) is 3.10. The Morgan fingerprint density at radius 3 is 2.67 bits per heavy atom. The summed E-state index contributed by atoms with van der Waals surface area (Å²) >= 11 is 0. The highest BCUT2D eigenvalue weighted by Crippen LogP contribution is 2.37. The Morgan fingerprint density at radius 2 is 2.20 bits per heavy atom. The molecule has 0 aromatic carbocycles. The number of rotatable bonds is 2. The Labute approximate surface area is 89.3 Å². The molecule has 3 rings (SSSR count). The predicted octanol–water partition coefficient (Wildman–Crippen LogP) is 0.500. The number of aromatic nitrogens is 1. The zero-order chi connectivity index (χ0) is 10.3.